The Morgan fingerprint density at radius 2 is 2.06 bits per heavy atom. The van der Waals surface area contributed by atoms with Gasteiger partial charge in [0.25, 0.3) is 6.43 Å². The van der Waals surface area contributed by atoms with Gasteiger partial charge in [-0.05, 0) is 6.07 Å². The third-order valence-electron chi connectivity index (χ3n) is 2.89. The van der Waals surface area contributed by atoms with E-state index in [1.54, 1.807) is 17.0 Å². The number of pyridine rings is 1. The summed E-state index contributed by atoms with van der Waals surface area (Å²) in [5.41, 5.74) is 0.408. The van der Waals surface area contributed by atoms with E-state index in [1.807, 2.05) is 0 Å². The zero-order valence-electron chi connectivity index (χ0n) is 9.24. The third kappa shape index (κ3) is 2.91. The number of piperazine rings is 1. The first-order valence-electron chi connectivity index (χ1n) is 5.53. The monoisotopic (exact) mass is 261 g/mol. The molecule has 1 aliphatic heterocycles. The molecule has 0 saturated carbocycles. The average molecular weight is 262 g/mol. The Morgan fingerprint density at radius 1 is 1.35 bits per heavy atom. The molecule has 1 aliphatic rings. The van der Waals surface area contributed by atoms with Gasteiger partial charge >= 0.3 is 0 Å². The minimum atomic E-state index is -2.46. The summed E-state index contributed by atoms with van der Waals surface area (Å²) in [4.78, 5) is 5.62. The van der Waals surface area contributed by atoms with Gasteiger partial charge in [0.1, 0.15) is 5.15 Å². The van der Waals surface area contributed by atoms with Crippen LogP contribution in [0.1, 0.15) is 11.6 Å². The fourth-order valence-electron chi connectivity index (χ4n) is 2.07. The van der Waals surface area contributed by atoms with E-state index in [9.17, 15) is 8.78 Å². The molecule has 2 rings (SSSR count). The molecule has 1 saturated heterocycles. The summed E-state index contributed by atoms with van der Waals surface area (Å²) in [6.07, 6.45) is -0.957. The van der Waals surface area contributed by atoms with E-state index in [1.165, 1.54) is 6.20 Å². The molecule has 0 amide bonds. The number of hydrogen-bond donors (Lipinski definition) is 1. The first kappa shape index (κ1) is 12.7. The van der Waals surface area contributed by atoms with Crippen molar-refractivity contribution >= 4 is 11.6 Å². The molecule has 1 fully saturated rings. The lowest BCUT2D eigenvalue weighted by Crippen LogP contribution is -2.47. The van der Waals surface area contributed by atoms with Gasteiger partial charge in [-0.1, -0.05) is 17.7 Å². The predicted octanol–water partition coefficient (Wildman–Crippen LogP) is 1.95. The van der Waals surface area contributed by atoms with Gasteiger partial charge in [-0.3, -0.25) is 4.90 Å². The summed E-state index contributed by atoms with van der Waals surface area (Å²) >= 11 is 5.90. The van der Waals surface area contributed by atoms with Gasteiger partial charge in [0.15, 0.2) is 0 Å². The summed E-state index contributed by atoms with van der Waals surface area (Å²) in [5, 5.41) is 3.30. The lowest BCUT2D eigenvalue weighted by molar-refractivity contribution is 0.0180. The summed E-state index contributed by atoms with van der Waals surface area (Å²) in [5.74, 6) is 0. The highest BCUT2D eigenvalue weighted by molar-refractivity contribution is 6.30. The van der Waals surface area contributed by atoms with E-state index >= 15 is 0 Å². The van der Waals surface area contributed by atoms with Crippen molar-refractivity contribution in [1.82, 2.24) is 15.2 Å². The summed E-state index contributed by atoms with van der Waals surface area (Å²) in [7, 11) is 0. The van der Waals surface area contributed by atoms with Crippen molar-refractivity contribution in [3.8, 4) is 0 Å². The van der Waals surface area contributed by atoms with E-state index in [0.717, 1.165) is 13.1 Å². The Morgan fingerprint density at radius 3 is 2.65 bits per heavy atom. The summed E-state index contributed by atoms with van der Waals surface area (Å²) < 4.78 is 26.4. The van der Waals surface area contributed by atoms with Gasteiger partial charge in [-0.15, -0.1) is 0 Å². The Kier molecular flexibility index (Phi) is 4.25. The Bertz CT molecular complexity index is 369. The Hall–Kier alpha value is -0.780. The number of hydrogen-bond acceptors (Lipinski definition) is 3. The molecule has 0 spiro atoms. The number of alkyl halides is 2. The standard InChI is InChI=1S/C11H14ClF2N3/c12-10-8(2-1-3-16-10)9(11(13)14)17-6-4-15-5-7-17/h1-3,9,11,15H,4-7H2/t9-/m1/s1. The van der Waals surface area contributed by atoms with E-state index < -0.39 is 12.5 Å². The second-order valence-electron chi connectivity index (χ2n) is 3.95. The van der Waals surface area contributed by atoms with Crippen molar-refractivity contribution in [3.63, 3.8) is 0 Å². The van der Waals surface area contributed by atoms with Crippen LogP contribution in [0.25, 0.3) is 0 Å². The van der Waals surface area contributed by atoms with Crippen molar-refractivity contribution in [2.75, 3.05) is 26.2 Å². The molecule has 2 heterocycles. The Balaban J connectivity index is 2.25. The molecule has 3 nitrogen and oxygen atoms in total. The maximum atomic E-state index is 13.2. The van der Waals surface area contributed by atoms with Crippen LogP contribution in [0, 0.1) is 0 Å². The van der Waals surface area contributed by atoms with Gasteiger partial charge in [-0.2, -0.15) is 0 Å². The van der Waals surface area contributed by atoms with Crippen molar-refractivity contribution in [2.45, 2.75) is 12.5 Å². The van der Waals surface area contributed by atoms with Crippen LogP contribution in [-0.2, 0) is 0 Å². The maximum Gasteiger partial charge on any atom is 0.258 e. The molecular weight excluding hydrogens is 248 g/mol. The topological polar surface area (TPSA) is 28.2 Å². The van der Waals surface area contributed by atoms with E-state index in [0.29, 0.717) is 18.7 Å². The molecule has 17 heavy (non-hydrogen) atoms. The summed E-state index contributed by atoms with van der Waals surface area (Å²) in [6.45, 7) is 2.64. The quantitative estimate of drug-likeness (QED) is 0.843. The number of nitrogens with one attached hydrogen (secondary N) is 1. The van der Waals surface area contributed by atoms with Gasteiger partial charge in [-0.25, -0.2) is 13.8 Å². The fourth-order valence-corrected chi connectivity index (χ4v) is 2.30. The third-order valence-corrected chi connectivity index (χ3v) is 3.21. The van der Waals surface area contributed by atoms with Crippen LogP contribution in [0.2, 0.25) is 5.15 Å². The molecule has 94 valence electrons. The number of aromatic nitrogens is 1. The van der Waals surface area contributed by atoms with Gasteiger partial charge in [0.2, 0.25) is 0 Å². The van der Waals surface area contributed by atoms with E-state index in [-0.39, 0.29) is 5.15 Å². The minimum Gasteiger partial charge on any atom is -0.314 e. The highest BCUT2D eigenvalue weighted by Crippen LogP contribution is 2.31. The molecule has 1 N–H and O–H groups in total. The van der Waals surface area contributed by atoms with Gasteiger partial charge in [0.05, 0.1) is 6.04 Å². The van der Waals surface area contributed by atoms with E-state index in [2.05, 4.69) is 10.3 Å². The van der Waals surface area contributed by atoms with Crippen molar-refractivity contribution < 1.29 is 8.78 Å². The SMILES string of the molecule is FC(F)[C@@H](c1cccnc1Cl)N1CCNCC1. The molecule has 1 aromatic rings. The number of nitrogens with zero attached hydrogens (tertiary/aromatic N) is 2. The molecule has 1 aromatic heterocycles. The maximum absolute atomic E-state index is 13.2. The number of rotatable bonds is 3. The molecular formula is C11H14ClF2N3. The van der Waals surface area contributed by atoms with Crippen LogP contribution in [-0.4, -0.2) is 42.5 Å². The molecule has 0 unspecified atom stereocenters. The van der Waals surface area contributed by atoms with Crippen LogP contribution in [0.3, 0.4) is 0 Å². The highest BCUT2D eigenvalue weighted by Gasteiger charge is 2.31. The molecule has 0 radical (unpaired) electrons. The molecule has 1 atom stereocenters. The fraction of sp³-hybridized carbons (Fsp3) is 0.545. The molecule has 0 aromatic carbocycles. The summed E-state index contributed by atoms with van der Waals surface area (Å²) in [6, 6.07) is 2.30. The second kappa shape index (κ2) is 5.71. The predicted molar refractivity (Wildman–Crippen MR) is 62.4 cm³/mol. The second-order valence-corrected chi connectivity index (χ2v) is 4.31. The van der Waals surface area contributed by atoms with Crippen LogP contribution in [0.5, 0.6) is 0 Å². The molecule has 0 aliphatic carbocycles. The van der Waals surface area contributed by atoms with Crippen LogP contribution >= 0.6 is 11.6 Å². The van der Waals surface area contributed by atoms with Crippen LogP contribution < -0.4 is 5.32 Å². The van der Waals surface area contributed by atoms with Crippen LogP contribution in [0.4, 0.5) is 8.78 Å². The first-order chi connectivity index (χ1) is 8.20. The normalized spacial score (nSPS) is 19.5. The largest absolute Gasteiger partial charge is 0.314 e. The zero-order valence-corrected chi connectivity index (χ0v) is 10.00. The smallest absolute Gasteiger partial charge is 0.258 e. The van der Waals surface area contributed by atoms with E-state index in [4.69, 9.17) is 11.6 Å². The van der Waals surface area contributed by atoms with Gasteiger partial charge in [0, 0.05) is 37.9 Å². The first-order valence-corrected chi connectivity index (χ1v) is 5.91. The highest BCUT2D eigenvalue weighted by atomic mass is 35.5. The van der Waals surface area contributed by atoms with Crippen molar-refractivity contribution in [2.24, 2.45) is 0 Å². The molecule has 0 bridgehead atoms. The average Bonchev–Trinajstić information content (AvgIpc) is 2.33. The Labute approximate surface area is 104 Å². The number of halogens is 3. The van der Waals surface area contributed by atoms with Crippen LogP contribution in [0.15, 0.2) is 18.3 Å². The molecule has 6 heteroatoms. The van der Waals surface area contributed by atoms with Gasteiger partial charge < -0.3 is 5.32 Å². The van der Waals surface area contributed by atoms with Crippen molar-refractivity contribution in [3.05, 3.63) is 29.0 Å². The zero-order chi connectivity index (χ0) is 12.3. The van der Waals surface area contributed by atoms with Crippen molar-refractivity contribution in [1.29, 1.82) is 0 Å². The lowest BCUT2D eigenvalue weighted by atomic mass is 10.1. The minimum absolute atomic E-state index is 0.163. The lowest BCUT2D eigenvalue weighted by Gasteiger charge is -2.34.